The predicted octanol–water partition coefficient (Wildman–Crippen LogP) is 2.36. The molecule has 0 saturated carbocycles. The molecule has 0 aliphatic rings. The van der Waals surface area contributed by atoms with Gasteiger partial charge in [-0.05, 0) is 24.6 Å². The minimum absolute atomic E-state index is 0. The van der Waals surface area contributed by atoms with Crippen LogP contribution in [0, 0.1) is 6.92 Å². The summed E-state index contributed by atoms with van der Waals surface area (Å²) in [5.74, 6) is 0.0185. The fourth-order valence-corrected chi connectivity index (χ4v) is 1.57. The fraction of sp³-hybridized carbons (Fsp3) is 0.167. The Bertz CT molecular complexity index is 523. The Morgan fingerprint density at radius 1 is 1.47 bits per heavy atom. The number of carboxylic acid groups (broad SMARTS) is 1. The molecule has 1 N–H and O–H groups in total. The van der Waals surface area contributed by atoms with E-state index < -0.39 is 5.97 Å². The second kappa shape index (κ2) is 5.50. The van der Waals surface area contributed by atoms with Crippen LogP contribution in [-0.2, 0) is 6.54 Å². The molecule has 0 fully saturated rings. The van der Waals surface area contributed by atoms with E-state index in [1.165, 1.54) is 0 Å². The van der Waals surface area contributed by atoms with Gasteiger partial charge in [0.1, 0.15) is 5.82 Å². The zero-order valence-electron chi connectivity index (χ0n) is 9.33. The van der Waals surface area contributed by atoms with E-state index in [9.17, 15) is 4.79 Å². The summed E-state index contributed by atoms with van der Waals surface area (Å²) in [5.41, 5.74) is 1.27. The first-order chi connectivity index (χ1) is 7.66. The van der Waals surface area contributed by atoms with Crippen molar-refractivity contribution < 1.29 is 9.90 Å². The second-order valence-corrected chi connectivity index (χ2v) is 3.61. The van der Waals surface area contributed by atoms with E-state index in [1.807, 2.05) is 23.8 Å². The standard InChI is InChI=1S/C12H12N2O2.ClH/c1-9-13-5-6-14(9)8-10-3-2-4-11(7-10)12(15)16;/h2-7H,8H2,1H3,(H,15,16);1H. The number of hydrogen-bond acceptors (Lipinski definition) is 2. The van der Waals surface area contributed by atoms with Crippen LogP contribution in [-0.4, -0.2) is 20.6 Å². The van der Waals surface area contributed by atoms with Crippen LogP contribution in [0.1, 0.15) is 21.7 Å². The van der Waals surface area contributed by atoms with Crippen LogP contribution < -0.4 is 0 Å². The molecule has 0 bridgehead atoms. The van der Waals surface area contributed by atoms with Gasteiger partial charge in [0, 0.05) is 18.9 Å². The molecule has 0 saturated heterocycles. The van der Waals surface area contributed by atoms with Crippen LogP contribution >= 0.6 is 12.4 Å². The van der Waals surface area contributed by atoms with Crippen LogP contribution in [0.2, 0.25) is 0 Å². The van der Waals surface area contributed by atoms with Gasteiger partial charge in [-0.15, -0.1) is 12.4 Å². The number of imidazole rings is 1. The van der Waals surface area contributed by atoms with E-state index in [-0.39, 0.29) is 12.4 Å². The number of aromatic carboxylic acids is 1. The van der Waals surface area contributed by atoms with E-state index in [0.29, 0.717) is 12.1 Å². The molecule has 0 unspecified atom stereocenters. The maximum absolute atomic E-state index is 10.8. The quantitative estimate of drug-likeness (QED) is 0.912. The molecule has 0 spiro atoms. The zero-order chi connectivity index (χ0) is 11.5. The van der Waals surface area contributed by atoms with Crippen molar-refractivity contribution in [2.75, 3.05) is 0 Å². The van der Waals surface area contributed by atoms with Gasteiger partial charge in [-0.3, -0.25) is 0 Å². The number of carbonyl (C=O) groups is 1. The smallest absolute Gasteiger partial charge is 0.335 e. The fourth-order valence-electron chi connectivity index (χ4n) is 1.57. The Kier molecular flexibility index (Phi) is 4.29. The van der Waals surface area contributed by atoms with Crippen molar-refractivity contribution in [3.05, 3.63) is 53.6 Å². The highest BCUT2D eigenvalue weighted by molar-refractivity contribution is 5.87. The number of rotatable bonds is 3. The molecule has 1 heterocycles. The Hall–Kier alpha value is -1.81. The summed E-state index contributed by atoms with van der Waals surface area (Å²) in [4.78, 5) is 14.9. The number of nitrogens with zero attached hydrogens (tertiary/aromatic N) is 2. The van der Waals surface area contributed by atoms with E-state index in [1.54, 1.807) is 24.4 Å². The summed E-state index contributed by atoms with van der Waals surface area (Å²) in [6.07, 6.45) is 3.61. The Morgan fingerprint density at radius 2 is 2.24 bits per heavy atom. The first-order valence-corrected chi connectivity index (χ1v) is 4.97. The minimum Gasteiger partial charge on any atom is -0.478 e. The molecule has 0 amide bonds. The van der Waals surface area contributed by atoms with Gasteiger partial charge >= 0.3 is 5.97 Å². The first kappa shape index (κ1) is 13.3. The number of halogens is 1. The molecular weight excluding hydrogens is 240 g/mol. The van der Waals surface area contributed by atoms with Crippen molar-refractivity contribution >= 4 is 18.4 Å². The molecule has 90 valence electrons. The maximum atomic E-state index is 10.8. The van der Waals surface area contributed by atoms with Crippen LogP contribution in [0.3, 0.4) is 0 Å². The largest absolute Gasteiger partial charge is 0.478 e. The molecule has 0 radical (unpaired) electrons. The van der Waals surface area contributed by atoms with Gasteiger partial charge in [0.15, 0.2) is 0 Å². The highest BCUT2D eigenvalue weighted by Gasteiger charge is 2.04. The van der Waals surface area contributed by atoms with Crippen molar-refractivity contribution in [3.63, 3.8) is 0 Å². The lowest BCUT2D eigenvalue weighted by Gasteiger charge is -2.05. The molecule has 5 heteroatoms. The number of aryl methyl sites for hydroxylation is 1. The maximum Gasteiger partial charge on any atom is 0.335 e. The third-order valence-electron chi connectivity index (χ3n) is 2.45. The average Bonchev–Trinajstić information content (AvgIpc) is 2.65. The highest BCUT2D eigenvalue weighted by Crippen LogP contribution is 2.08. The Morgan fingerprint density at radius 3 is 2.82 bits per heavy atom. The summed E-state index contributed by atoms with van der Waals surface area (Å²) in [7, 11) is 0. The van der Waals surface area contributed by atoms with Gasteiger partial charge in [0.2, 0.25) is 0 Å². The third kappa shape index (κ3) is 3.07. The molecule has 2 rings (SSSR count). The van der Waals surface area contributed by atoms with Crippen molar-refractivity contribution in [2.45, 2.75) is 13.5 Å². The number of hydrogen-bond donors (Lipinski definition) is 1. The summed E-state index contributed by atoms with van der Waals surface area (Å²) in [5, 5.41) is 8.87. The normalized spacial score (nSPS) is 9.71. The lowest BCUT2D eigenvalue weighted by Crippen LogP contribution is -2.03. The van der Waals surface area contributed by atoms with E-state index in [4.69, 9.17) is 5.11 Å². The van der Waals surface area contributed by atoms with Crippen molar-refractivity contribution in [1.29, 1.82) is 0 Å². The number of aromatic nitrogens is 2. The van der Waals surface area contributed by atoms with Crippen molar-refractivity contribution in [1.82, 2.24) is 9.55 Å². The number of benzene rings is 1. The van der Waals surface area contributed by atoms with Crippen LogP contribution in [0.5, 0.6) is 0 Å². The lowest BCUT2D eigenvalue weighted by atomic mass is 10.1. The predicted molar refractivity (Wildman–Crippen MR) is 66.7 cm³/mol. The van der Waals surface area contributed by atoms with E-state index >= 15 is 0 Å². The average molecular weight is 253 g/mol. The molecule has 1 aromatic carbocycles. The Labute approximate surface area is 105 Å². The zero-order valence-corrected chi connectivity index (χ0v) is 10.1. The molecule has 0 atom stereocenters. The molecule has 1 aromatic heterocycles. The highest BCUT2D eigenvalue weighted by atomic mass is 35.5. The first-order valence-electron chi connectivity index (χ1n) is 4.97. The summed E-state index contributed by atoms with van der Waals surface area (Å²) in [6, 6.07) is 6.94. The minimum atomic E-state index is -0.899. The van der Waals surface area contributed by atoms with Gasteiger partial charge < -0.3 is 9.67 Å². The van der Waals surface area contributed by atoms with Crippen molar-refractivity contribution in [3.8, 4) is 0 Å². The topological polar surface area (TPSA) is 55.1 Å². The third-order valence-corrected chi connectivity index (χ3v) is 2.45. The lowest BCUT2D eigenvalue weighted by molar-refractivity contribution is 0.0697. The van der Waals surface area contributed by atoms with Crippen LogP contribution in [0.15, 0.2) is 36.7 Å². The monoisotopic (exact) mass is 252 g/mol. The van der Waals surface area contributed by atoms with Crippen LogP contribution in [0.4, 0.5) is 0 Å². The summed E-state index contributed by atoms with van der Waals surface area (Å²) < 4.78 is 1.97. The number of carboxylic acids is 1. The van der Waals surface area contributed by atoms with Gasteiger partial charge in [-0.25, -0.2) is 9.78 Å². The summed E-state index contributed by atoms with van der Waals surface area (Å²) >= 11 is 0. The van der Waals surface area contributed by atoms with E-state index in [0.717, 1.165) is 11.4 Å². The molecule has 4 nitrogen and oxygen atoms in total. The van der Waals surface area contributed by atoms with Gasteiger partial charge in [0.25, 0.3) is 0 Å². The van der Waals surface area contributed by atoms with Gasteiger partial charge in [-0.2, -0.15) is 0 Å². The van der Waals surface area contributed by atoms with Crippen molar-refractivity contribution in [2.24, 2.45) is 0 Å². The SMILES string of the molecule is Cc1nccn1Cc1cccc(C(=O)O)c1.Cl. The van der Waals surface area contributed by atoms with E-state index in [2.05, 4.69) is 4.98 Å². The van der Waals surface area contributed by atoms with Gasteiger partial charge in [0.05, 0.1) is 5.56 Å². The van der Waals surface area contributed by atoms with Crippen LogP contribution in [0.25, 0.3) is 0 Å². The summed E-state index contributed by atoms with van der Waals surface area (Å²) in [6.45, 7) is 2.56. The molecule has 0 aliphatic carbocycles. The second-order valence-electron chi connectivity index (χ2n) is 3.61. The Balaban J connectivity index is 0.00000144. The molecular formula is C12H13ClN2O2. The molecule has 17 heavy (non-hydrogen) atoms. The molecule has 0 aliphatic heterocycles. The molecule has 2 aromatic rings. The van der Waals surface area contributed by atoms with Gasteiger partial charge in [-0.1, -0.05) is 12.1 Å².